The van der Waals surface area contributed by atoms with Crippen molar-refractivity contribution in [3.05, 3.63) is 81.8 Å². The molecule has 0 radical (unpaired) electrons. The molecule has 0 bridgehead atoms. The van der Waals surface area contributed by atoms with E-state index in [9.17, 15) is 14.0 Å². The summed E-state index contributed by atoms with van der Waals surface area (Å²) in [6.45, 7) is 0. The highest BCUT2D eigenvalue weighted by atomic mass is 32.1. The zero-order chi connectivity index (χ0) is 20.2. The lowest BCUT2D eigenvalue weighted by Crippen LogP contribution is -2.31. The van der Waals surface area contributed by atoms with Crippen molar-refractivity contribution < 1.29 is 14.0 Å². The van der Waals surface area contributed by atoms with Crippen molar-refractivity contribution in [3.63, 3.8) is 0 Å². The first kappa shape index (κ1) is 19.2. The van der Waals surface area contributed by atoms with Crippen LogP contribution in [0.5, 0.6) is 0 Å². The molecule has 1 aliphatic rings. The van der Waals surface area contributed by atoms with E-state index in [1.54, 1.807) is 5.38 Å². The molecule has 2 aromatic heterocycles. The lowest BCUT2D eigenvalue weighted by atomic mass is 10.1. The number of halogens is 1. The van der Waals surface area contributed by atoms with Crippen LogP contribution < -0.4 is 10.6 Å². The molecule has 1 aliphatic carbocycles. The molecular weight excluding hydrogens is 391 g/mol. The SMILES string of the molecule is O=C(NC1CC1)c1csc([C@@H](Cc2ccccc2)NC(=O)c2ncccc2F)n1. The molecule has 2 N–H and O–H groups in total. The van der Waals surface area contributed by atoms with Gasteiger partial charge in [-0.15, -0.1) is 11.3 Å². The lowest BCUT2D eigenvalue weighted by molar-refractivity contribution is 0.0926. The van der Waals surface area contributed by atoms with Crippen LogP contribution in [-0.4, -0.2) is 27.8 Å². The number of carbonyl (C=O) groups excluding carboxylic acids is 2. The van der Waals surface area contributed by atoms with Gasteiger partial charge in [-0.3, -0.25) is 9.59 Å². The standard InChI is InChI=1S/C21H19FN4O2S/c22-15-7-4-10-23-18(15)20(28)25-16(11-13-5-2-1-3-6-13)21-26-17(12-29-21)19(27)24-14-8-9-14/h1-7,10,12,14,16H,8-9,11H2,(H,24,27)(H,25,28)/t16-/m1/s1. The maximum absolute atomic E-state index is 14.0. The Morgan fingerprint density at radius 1 is 1.14 bits per heavy atom. The first-order chi connectivity index (χ1) is 14.1. The first-order valence-electron chi connectivity index (χ1n) is 9.32. The van der Waals surface area contributed by atoms with Crippen molar-refractivity contribution in [2.45, 2.75) is 31.3 Å². The van der Waals surface area contributed by atoms with Crippen molar-refractivity contribution in [2.24, 2.45) is 0 Å². The fourth-order valence-corrected chi connectivity index (χ4v) is 3.72. The Bertz CT molecular complexity index is 1020. The van der Waals surface area contributed by atoms with Gasteiger partial charge >= 0.3 is 0 Å². The highest BCUT2D eigenvalue weighted by Crippen LogP contribution is 2.24. The van der Waals surface area contributed by atoms with Crippen molar-refractivity contribution in [3.8, 4) is 0 Å². The second kappa shape index (κ2) is 8.48. The molecule has 1 atom stereocenters. The van der Waals surface area contributed by atoms with Gasteiger partial charge in [0, 0.05) is 17.6 Å². The van der Waals surface area contributed by atoms with E-state index >= 15 is 0 Å². The number of hydrogen-bond donors (Lipinski definition) is 2. The molecule has 0 saturated heterocycles. The normalized spacial score (nSPS) is 14.2. The predicted octanol–water partition coefficient (Wildman–Crippen LogP) is 3.28. The van der Waals surface area contributed by atoms with E-state index in [0.717, 1.165) is 18.4 Å². The Morgan fingerprint density at radius 3 is 2.66 bits per heavy atom. The fraction of sp³-hybridized carbons (Fsp3) is 0.238. The number of aromatic nitrogens is 2. The van der Waals surface area contributed by atoms with Crippen LogP contribution in [-0.2, 0) is 6.42 Å². The molecule has 3 aromatic rings. The average molecular weight is 410 g/mol. The number of benzene rings is 1. The molecule has 1 fully saturated rings. The van der Waals surface area contributed by atoms with Gasteiger partial charge in [-0.2, -0.15) is 0 Å². The number of nitrogens with one attached hydrogen (secondary N) is 2. The molecule has 148 valence electrons. The maximum Gasteiger partial charge on any atom is 0.273 e. The fourth-order valence-electron chi connectivity index (χ4n) is 2.87. The number of carbonyl (C=O) groups is 2. The number of pyridine rings is 1. The summed E-state index contributed by atoms with van der Waals surface area (Å²) in [7, 11) is 0. The number of nitrogens with zero attached hydrogens (tertiary/aromatic N) is 2. The monoisotopic (exact) mass is 410 g/mol. The van der Waals surface area contributed by atoms with E-state index < -0.39 is 17.8 Å². The van der Waals surface area contributed by atoms with E-state index in [-0.39, 0.29) is 17.6 Å². The summed E-state index contributed by atoms with van der Waals surface area (Å²) in [6, 6.07) is 11.9. The third kappa shape index (κ3) is 4.83. The molecule has 1 aromatic carbocycles. The Morgan fingerprint density at radius 2 is 1.93 bits per heavy atom. The third-order valence-corrected chi connectivity index (χ3v) is 5.49. The summed E-state index contributed by atoms with van der Waals surface area (Å²) in [6.07, 6.45) is 3.81. The summed E-state index contributed by atoms with van der Waals surface area (Å²) in [5, 5.41) is 7.99. The summed E-state index contributed by atoms with van der Waals surface area (Å²) < 4.78 is 14.0. The van der Waals surface area contributed by atoms with Crippen molar-refractivity contribution in [1.82, 2.24) is 20.6 Å². The Labute approximate surface area is 171 Å². The van der Waals surface area contributed by atoms with E-state index in [2.05, 4.69) is 20.6 Å². The van der Waals surface area contributed by atoms with Gasteiger partial charge in [0.15, 0.2) is 11.5 Å². The first-order valence-corrected chi connectivity index (χ1v) is 10.2. The van der Waals surface area contributed by atoms with Gasteiger partial charge in [0.25, 0.3) is 11.8 Å². The smallest absolute Gasteiger partial charge is 0.273 e. The van der Waals surface area contributed by atoms with Crippen LogP contribution in [0.1, 0.15) is 50.4 Å². The van der Waals surface area contributed by atoms with Crippen LogP contribution in [0.2, 0.25) is 0 Å². The molecule has 0 spiro atoms. The van der Waals surface area contributed by atoms with E-state index in [1.165, 1.54) is 29.7 Å². The molecule has 4 rings (SSSR count). The minimum absolute atomic E-state index is 0.212. The highest BCUT2D eigenvalue weighted by molar-refractivity contribution is 7.09. The van der Waals surface area contributed by atoms with Crippen LogP contribution in [0.4, 0.5) is 4.39 Å². The zero-order valence-electron chi connectivity index (χ0n) is 15.5. The lowest BCUT2D eigenvalue weighted by Gasteiger charge is -2.17. The number of amides is 2. The van der Waals surface area contributed by atoms with Gasteiger partial charge in [0.1, 0.15) is 10.7 Å². The second-order valence-corrected chi connectivity index (χ2v) is 7.76. The summed E-state index contributed by atoms with van der Waals surface area (Å²) in [4.78, 5) is 33.2. The Kier molecular flexibility index (Phi) is 5.62. The van der Waals surface area contributed by atoms with Gasteiger partial charge in [0.05, 0.1) is 6.04 Å². The maximum atomic E-state index is 14.0. The predicted molar refractivity (Wildman–Crippen MR) is 107 cm³/mol. The Balaban J connectivity index is 1.56. The molecular formula is C21H19FN4O2S. The van der Waals surface area contributed by atoms with Crippen molar-refractivity contribution in [2.75, 3.05) is 0 Å². The molecule has 29 heavy (non-hydrogen) atoms. The Hall–Kier alpha value is -3.13. The summed E-state index contributed by atoms with van der Waals surface area (Å²) >= 11 is 1.29. The average Bonchev–Trinajstić information content (AvgIpc) is 3.40. The van der Waals surface area contributed by atoms with Gasteiger partial charge in [0.2, 0.25) is 0 Å². The summed E-state index contributed by atoms with van der Waals surface area (Å²) in [5.74, 6) is -1.52. The molecule has 2 amide bonds. The molecule has 1 saturated carbocycles. The number of hydrogen-bond acceptors (Lipinski definition) is 5. The van der Waals surface area contributed by atoms with Crippen molar-refractivity contribution >= 4 is 23.2 Å². The highest BCUT2D eigenvalue weighted by Gasteiger charge is 2.26. The minimum atomic E-state index is -0.688. The molecule has 0 aliphatic heterocycles. The van der Waals surface area contributed by atoms with E-state index in [1.807, 2.05) is 30.3 Å². The van der Waals surface area contributed by atoms with E-state index in [4.69, 9.17) is 0 Å². The van der Waals surface area contributed by atoms with Gasteiger partial charge < -0.3 is 10.6 Å². The van der Waals surface area contributed by atoms with Crippen LogP contribution in [0, 0.1) is 5.82 Å². The molecule has 8 heteroatoms. The quantitative estimate of drug-likeness (QED) is 0.626. The number of rotatable bonds is 7. The van der Waals surface area contributed by atoms with E-state index in [0.29, 0.717) is 17.1 Å². The van der Waals surface area contributed by atoms with Crippen LogP contribution in [0.15, 0.2) is 54.0 Å². The van der Waals surface area contributed by atoms with Crippen LogP contribution in [0.25, 0.3) is 0 Å². The summed E-state index contributed by atoms with van der Waals surface area (Å²) in [5.41, 5.74) is 1.04. The van der Waals surface area contributed by atoms with Crippen molar-refractivity contribution in [1.29, 1.82) is 0 Å². The molecule has 6 nitrogen and oxygen atoms in total. The zero-order valence-corrected chi connectivity index (χ0v) is 16.3. The van der Waals surface area contributed by atoms with Gasteiger partial charge in [-0.05, 0) is 37.0 Å². The number of thiazole rings is 1. The minimum Gasteiger partial charge on any atom is -0.348 e. The topological polar surface area (TPSA) is 84.0 Å². The van der Waals surface area contributed by atoms with Crippen LogP contribution in [0.3, 0.4) is 0 Å². The molecule has 2 heterocycles. The second-order valence-electron chi connectivity index (χ2n) is 6.87. The molecule has 0 unspecified atom stereocenters. The van der Waals surface area contributed by atoms with Gasteiger partial charge in [-0.1, -0.05) is 30.3 Å². The van der Waals surface area contributed by atoms with Gasteiger partial charge in [-0.25, -0.2) is 14.4 Å². The van der Waals surface area contributed by atoms with Crippen LogP contribution >= 0.6 is 11.3 Å². The third-order valence-electron chi connectivity index (χ3n) is 4.53. The largest absolute Gasteiger partial charge is 0.348 e.